The molecule has 7 nitrogen and oxygen atoms in total. The van der Waals surface area contributed by atoms with Gasteiger partial charge >= 0.3 is 0 Å². The van der Waals surface area contributed by atoms with Crippen LogP contribution in [-0.4, -0.2) is 28.7 Å². The van der Waals surface area contributed by atoms with E-state index in [1.54, 1.807) is 25.1 Å². The van der Waals surface area contributed by atoms with Crippen LogP contribution in [0.15, 0.2) is 22.7 Å². The maximum Gasteiger partial charge on any atom is 0.285 e. The highest BCUT2D eigenvalue weighted by Crippen LogP contribution is 2.31. The summed E-state index contributed by atoms with van der Waals surface area (Å²) in [6.45, 7) is 2.40. The van der Waals surface area contributed by atoms with E-state index in [-0.39, 0.29) is 11.6 Å². The van der Waals surface area contributed by atoms with Gasteiger partial charge in [-0.25, -0.2) is 0 Å². The molecule has 2 aromatic rings. The molecular weight excluding hydrogens is 248 g/mol. The molecule has 0 aliphatic carbocycles. The Kier molecular flexibility index (Phi) is 3.86. The van der Waals surface area contributed by atoms with Gasteiger partial charge < -0.3 is 9.84 Å². The van der Waals surface area contributed by atoms with Crippen molar-refractivity contribution in [3.63, 3.8) is 0 Å². The second-order valence-electron chi connectivity index (χ2n) is 4.10. The molecule has 0 spiro atoms. The van der Waals surface area contributed by atoms with Gasteiger partial charge in [0, 0.05) is 18.5 Å². The molecular formula is C12H14N4O3. The minimum absolute atomic E-state index is 0.00585. The molecule has 0 aliphatic heterocycles. The molecule has 19 heavy (non-hydrogen) atoms. The third kappa shape index (κ3) is 2.76. The van der Waals surface area contributed by atoms with Gasteiger partial charge in [-0.05, 0) is 20.0 Å². The highest BCUT2D eigenvalue weighted by Gasteiger charge is 2.22. The molecule has 2 rings (SSSR count). The van der Waals surface area contributed by atoms with Crippen molar-refractivity contribution < 1.29 is 9.45 Å². The van der Waals surface area contributed by atoms with Crippen molar-refractivity contribution in [2.24, 2.45) is 0 Å². The maximum atomic E-state index is 11.1. The Morgan fingerprint density at radius 3 is 2.95 bits per heavy atom. The van der Waals surface area contributed by atoms with Crippen LogP contribution in [0.4, 0.5) is 5.69 Å². The van der Waals surface area contributed by atoms with Gasteiger partial charge in [-0.2, -0.15) is 4.98 Å². The monoisotopic (exact) mass is 262 g/mol. The van der Waals surface area contributed by atoms with Gasteiger partial charge in [0.15, 0.2) is 5.82 Å². The lowest BCUT2D eigenvalue weighted by molar-refractivity contribution is -0.384. The average Bonchev–Trinajstić information content (AvgIpc) is 2.84. The van der Waals surface area contributed by atoms with Crippen molar-refractivity contribution >= 4 is 5.69 Å². The summed E-state index contributed by atoms with van der Waals surface area (Å²) in [6, 6.07) is 5.02. The second kappa shape index (κ2) is 5.57. The quantitative estimate of drug-likeness (QED) is 0.651. The first-order chi connectivity index (χ1) is 9.13. The van der Waals surface area contributed by atoms with E-state index in [4.69, 9.17) is 4.52 Å². The fourth-order valence-corrected chi connectivity index (χ4v) is 1.78. The third-order valence-corrected chi connectivity index (χ3v) is 2.72. The number of nitrogens with zero attached hydrogens (tertiary/aromatic N) is 3. The van der Waals surface area contributed by atoms with Crippen LogP contribution in [0.2, 0.25) is 0 Å². The first kappa shape index (κ1) is 13.2. The average molecular weight is 262 g/mol. The molecule has 100 valence electrons. The Labute approximate surface area is 109 Å². The van der Waals surface area contributed by atoms with E-state index in [1.807, 2.05) is 7.05 Å². The smallest absolute Gasteiger partial charge is 0.285 e. The molecule has 0 radical (unpaired) electrons. The molecule has 1 heterocycles. The second-order valence-corrected chi connectivity index (χ2v) is 4.10. The van der Waals surface area contributed by atoms with Crippen molar-refractivity contribution in [3.8, 4) is 11.5 Å². The number of benzene rings is 1. The highest BCUT2D eigenvalue weighted by molar-refractivity contribution is 5.69. The van der Waals surface area contributed by atoms with Crippen LogP contribution in [0.25, 0.3) is 11.5 Å². The van der Waals surface area contributed by atoms with E-state index < -0.39 is 4.92 Å². The Bertz CT molecular complexity index is 594. The summed E-state index contributed by atoms with van der Waals surface area (Å²) >= 11 is 0. The maximum absolute atomic E-state index is 11.1. The lowest BCUT2D eigenvalue weighted by Gasteiger charge is -2.00. The summed E-state index contributed by atoms with van der Waals surface area (Å²) in [5.41, 5.74) is 0.928. The molecule has 1 N–H and O–H groups in total. The van der Waals surface area contributed by atoms with Crippen molar-refractivity contribution in [1.29, 1.82) is 0 Å². The molecule has 0 saturated heterocycles. The van der Waals surface area contributed by atoms with Crippen molar-refractivity contribution in [1.82, 2.24) is 15.5 Å². The topological polar surface area (TPSA) is 94.1 Å². The van der Waals surface area contributed by atoms with Gasteiger partial charge in [-0.15, -0.1) is 0 Å². The lowest BCUT2D eigenvalue weighted by atomic mass is 10.1. The van der Waals surface area contributed by atoms with Crippen LogP contribution >= 0.6 is 0 Å². The summed E-state index contributed by atoms with van der Waals surface area (Å²) in [6.07, 6.45) is 0.611. The minimum Gasteiger partial charge on any atom is -0.334 e. The molecule has 0 atom stereocenters. The lowest BCUT2D eigenvalue weighted by Crippen LogP contribution is -2.11. The molecule has 1 aromatic heterocycles. The van der Waals surface area contributed by atoms with E-state index >= 15 is 0 Å². The molecule has 0 fully saturated rings. The molecule has 7 heteroatoms. The summed E-state index contributed by atoms with van der Waals surface area (Å²) < 4.78 is 5.10. The fourth-order valence-electron chi connectivity index (χ4n) is 1.78. The zero-order valence-electron chi connectivity index (χ0n) is 10.7. The van der Waals surface area contributed by atoms with Crippen LogP contribution in [-0.2, 0) is 6.42 Å². The predicted octanol–water partition coefficient (Wildman–Crippen LogP) is 1.72. The van der Waals surface area contributed by atoms with Crippen LogP contribution in [0.1, 0.15) is 11.4 Å². The van der Waals surface area contributed by atoms with E-state index in [0.29, 0.717) is 23.4 Å². The van der Waals surface area contributed by atoms with Crippen molar-refractivity contribution in [3.05, 3.63) is 39.7 Å². The Morgan fingerprint density at radius 2 is 2.26 bits per heavy atom. The van der Waals surface area contributed by atoms with Crippen LogP contribution < -0.4 is 5.32 Å². The van der Waals surface area contributed by atoms with E-state index in [1.165, 1.54) is 0 Å². The summed E-state index contributed by atoms with van der Waals surface area (Å²) in [7, 11) is 1.83. The highest BCUT2D eigenvalue weighted by atomic mass is 16.6. The van der Waals surface area contributed by atoms with Gasteiger partial charge in [-0.1, -0.05) is 17.3 Å². The molecule has 1 aromatic carbocycles. The standard InChI is InChI=1S/C12H14N4O3/c1-8-4-3-5-9(11(8)16(17)18)12-14-10(15-19-12)6-7-13-2/h3-5,13H,6-7H2,1-2H3. The van der Waals surface area contributed by atoms with Crippen LogP contribution in [0.5, 0.6) is 0 Å². The summed E-state index contributed by atoms with van der Waals surface area (Å²) in [5, 5.41) is 17.9. The summed E-state index contributed by atoms with van der Waals surface area (Å²) in [5.74, 6) is 0.710. The van der Waals surface area contributed by atoms with Gasteiger partial charge in [0.05, 0.1) is 4.92 Å². The normalized spacial score (nSPS) is 10.6. The zero-order chi connectivity index (χ0) is 13.8. The molecule has 0 bridgehead atoms. The number of aromatic nitrogens is 2. The number of para-hydroxylation sites is 1. The Balaban J connectivity index is 2.39. The number of rotatable bonds is 5. The van der Waals surface area contributed by atoms with Crippen molar-refractivity contribution in [2.75, 3.05) is 13.6 Å². The van der Waals surface area contributed by atoms with Crippen LogP contribution in [0, 0.1) is 17.0 Å². The minimum atomic E-state index is -0.428. The van der Waals surface area contributed by atoms with E-state index in [0.717, 1.165) is 6.54 Å². The molecule has 0 saturated carbocycles. The zero-order valence-corrected chi connectivity index (χ0v) is 10.7. The van der Waals surface area contributed by atoms with Gasteiger partial charge in [0.1, 0.15) is 5.56 Å². The molecule has 0 unspecified atom stereocenters. The number of nitro benzene ring substituents is 1. The first-order valence-electron chi connectivity index (χ1n) is 5.85. The summed E-state index contributed by atoms with van der Waals surface area (Å²) in [4.78, 5) is 14.9. The van der Waals surface area contributed by atoms with Crippen molar-refractivity contribution in [2.45, 2.75) is 13.3 Å². The SMILES string of the molecule is CNCCc1noc(-c2cccc(C)c2[N+](=O)[O-])n1. The molecule has 0 amide bonds. The van der Waals surface area contributed by atoms with Crippen LogP contribution in [0.3, 0.4) is 0 Å². The number of hydrogen-bond donors (Lipinski definition) is 1. The van der Waals surface area contributed by atoms with Gasteiger partial charge in [-0.3, -0.25) is 10.1 Å². The van der Waals surface area contributed by atoms with E-state index in [9.17, 15) is 10.1 Å². The fraction of sp³-hybridized carbons (Fsp3) is 0.333. The number of nitrogens with one attached hydrogen (secondary N) is 1. The van der Waals surface area contributed by atoms with Gasteiger partial charge in [0.25, 0.3) is 11.6 Å². The van der Waals surface area contributed by atoms with Gasteiger partial charge in [0.2, 0.25) is 0 Å². The number of aryl methyl sites for hydroxylation is 1. The first-order valence-corrected chi connectivity index (χ1v) is 5.85. The Hall–Kier alpha value is -2.28. The third-order valence-electron chi connectivity index (χ3n) is 2.72. The largest absolute Gasteiger partial charge is 0.334 e. The molecule has 0 aliphatic rings. The Morgan fingerprint density at radius 1 is 1.47 bits per heavy atom. The number of hydrogen-bond acceptors (Lipinski definition) is 6. The number of likely N-dealkylation sites (N-methyl/N-ethyl adjacent to an activating group) is 1. The van der Waals surface area contributed by atoms with E-state index in [2.05, 4.69) is 15.5 Å². The number of nitro groups is 1. The predicted molar refractivity (Wildman–Crippen MR) is 68.8 cm³/mol.